The van der Waals surface area contributed by atoms with Gasteiger partial charge in [0.15, 0.2) is 0 Å². The van der Waals surface area contributed by atoms with Gasteiger partial charge in [0, 0.05) is 13.7 Å². The molecule has 0 amide bonds. The SMILES string of the molecule is CCOC(=O)C(N)(COCCC(C)(C)OC)C1CC1. The number of nitrogens with two attached hydrogens (primary N) is 1. The quantitative estimate of drug-likeness (QED) is 0.509. The first-order valence-corrected chi connectivity index (χ1v) is 6.94. The summed E-state index contributed by atoms with van der Waals surface area (Å²) in [5, 5.41) is 0. The number of carbonyl (C=O) groups excluding carboxylic acids is 1. The molecule has 1 rings (SSSR count). The summed E-state index contributed by atoms with van der Waals surface area (Å²) in [6.07, 6.45) is 2.71. The Morgan fingerprint density at radius 1 is 1.37 bits per heavy atom. The van der Waals surface area contributed by atoms with Crippen LogP contribution < -0.4 is 5.73 Å². The van der Waals surface area contributed by atoms with Crippen LogP contribution >= 0.6 is 0 Å². The number of hydrogen-bond donors (Lipinski definition) is 1. The normalized spacial score (nSPS) is 19.0. The minimum Gasteiger partial charge on any atom is -0.465 e. The largest absolute Gasteiger partial charge is 0.465 e. The molecule has 0 saturated heterocycles. The van der Waals surface area contributed by atoms with E-state index in [4.69, 9.17) is 19.9 Å². The molecule has 112 valence electrons. The number of methoxy groups -OCH3 is 1. The van der Waals surface area contributed by atoms with Crippen LogP contribution in [0.15, 0.2) is 0 Å². The van der Waals surface area contributed by atoms with E-state index < -0.39 is 5.54 Å². The van der Waals surface area contributed by atoms with Crippen LogP contribution in [0, 0.1) is 5.92 Å². The van der Waals surface area contributed by atoms with E-state index in [-0.39, 0.29) is 24.1 Å². The van der Waals surface area contributed by atoms with Crippen molar-refractivity contribution in [2.45, 2.75) is 51.2 Å². The lowest BCUT2D eigenvalue weighted by Gasteiger charge is -2.28. The Balaban J connectivity index is 2.40. The third-order valence-corrected chi connectivity index (χ3v) is 3.70. The molecule has 1 unspecified atom stereocenters. The summed E-state index contributed by atoms with van der Waals surface area (Å²) in [4.78, 5) is 11.9. The molecule has 0 radical (unpaired) electrons. The van der Waals surface area contributed by atoms with Gasteiger partial charge < -0.3 is 19.9 Å². The first-order chi connectivity index (χ1) is 8.85. The lowest BCUT2D eigenvalue weighted by molar-refractivity contribution is -0.153. The number of carbonyl (C=O) groups is 1. The summed E-state index contributed by atoms with van der Waals surface area (Å²) in [5.41, 5.74) is 4.98. The van der Waals surface area contributed by atoms with E-state index in [1.54, 1.807) is 14.0 Å². The molecule has 19 heavy (non-hydrogen) atoms. The molecule has 2 N–H and O–H groups in total. The predicted molar refractivity (Wildman–Crippen MR) is 72.8 cm³/mol. The van der Waals surface area contributed by atoms with Crippen LogP contribution in [-0.2, 0) is 19.0 Å². The lowest BCUT2D eigenvalue weighted by Crippen LogP contribution is -2.55. The summed E-state index contributed by atoms with van der Waals surface area (Å²) >= 11 is 0. The maximum Gasteiger partial charge on any atom is 0.328 e. The van der Waals surface area contributed by atoms with Gasteiger partial charge in [0.1, 0.15) is 5.54 Å². The third-order valence-electron chi connectivity index (χ3n) is 3.70. The van der Waals surface area contributed by atoms with E-state index in [1.807, 2.05) is 13.8 Å². The van der Waals surface area contributed by atoms with Crippen molar-refractivity contribution >= 4 is 5.97 Å². The number of esters is 1. The number of ether oxygens (including phenoxy) is 3. The maximum absolute atomic E-state index is 11.9. The second-order valence-corrected chi connectivity index (χ2v) is 5.80. The zero-order chi connectivity index (χ0) is 14.5. The van der Waals surface area contributed by atoms with E-state index >= 15 is 0 Å². The zero-order valence-electron chi connectivity index (χ0n) is 12.5. The fraction of sp³-hybridized carbons (Fsp3) is 0.929. The van der Waals surface area contributed by atoms with Gasteiger partial charge in [-0.15, -0.1) is 0 Å². The molecule has 0 heterocycles. The standard InChI is InChI=1S/C14H27NO4/c1-5-19-12(16)14(15,11-6-7-11)10-18-9-8-13(2,3)17-4/h11H,5-10,15H2,1-4H3. The fourth-order valence-electron chi connectivity index (χ4n) is 1.87. The Hall–Kier alpha value is -0.650. The van der Waals surface area contributed by atoms with Crippen LogP contribution in [0.2, 0.25) is 0 Å². The molecule has 0 spiro atoms. The van der Waals surface area contributed by atoms with E-state index in [1.165, 1.54) is 0 Å². The first-order valence-electron chi connectivity index (χ1n) is 6.94. The molecular formula is C14H27NO4. The van der Waals surface area contributed by atoms with Gasteiger partial charge >= 0.3 is 5.97 Å². The van der Waals surface area contributed by atoms with Crippen molar-refractivity contribution < 1.29 is 19.0 Å². The van der Waals surface area contributed by atoms with Crippen LogP contribution in [0.1, 0.15) is 40.0 Å². The highest BCUT2D eigenvalue weighted by molar-refractivity contribution is 5.81. The molecule has 5 nitrogen and oxygen atoms in total. The Morgan fingerprint density at radius 2 is 2.00 bits per heavy atom. The first kappa shape index (κ1) is 16.4. The molecule has 0 bridgehead atoms. The highest BCUT2D eigenvalue weighted by atomic mass is 16.5. The average molecular weight is 273 g/mol. The van der Waals surface area contributed by atoms with Crippen molar-refractivity contribution in [1.29, 1.82) is 0 Å². The molecule has 1 aliphatic rings. The van der Waals surface area contributed by atoms with Crippen LogP contribution in [0.3, 0.4) is 0 Å². The molecular weight excluding hydrogens is 246 g/mol. The van der Waals surface area contributed by atoms with Crippen molar-refractivity contribution in [1.82, 2.24) is 0 Å². The Morgan fingerprint density at radius 3 is 2.47 bits per heavy atom. The van der Waals surface area contributed by atoms with Crippen molar-refractivity contribution in [2.75, 3.05) is 26.9 Å². The summed E-state index contributed by atoms with van der Waals surface area (Å²) in [7, 11) is 1.68. The molecule has 5 heteroatoms. The van der Waals surface area contributed by atoms with Crippen molar-refractivity contribution in [3.63, 3.8) is 0 Å². The van der Waals surface area contributed by atoms with Crippen LogP contribution in [0.25, 0.3) is 0 Å². The topological polar surface area (TPSA) is 70.8 Å². The van der Waals surface area contributed by atoms with Gasteiger partial charge in [-0.25, -0.2) is 4.79 Å². The summed E-state index contributed by atoms with van der Waals surface area (Å²) in [6, 6.07) is 0. The molecule has 0 aromatic carbocycles. The van der Waals surface area contributed by atoms with E-state index in [0.29, 0.717) is 13.2 Å². The third kappa shape index (κ3) is 4.75. The zero-order valence-corrected chi connectivity index (χ0v) is 12.5. The van der Waals surface area contributed by atoms with Crippen LogP contribution in [-0.4, -0.2) is 44.0 Å². The highest BCUT2D eigenvalue weighted by Crippen LogP contribution is 2.39. The minimum absolute atomic E-state index is 0.196. The predicted octanol–water partition coefficient (Wildman–Crippen LogP) is 1.49. The number of rotatable bonds is 9. The maximum atomic E-state index is 11.9. The van der Waals surface area contributed by atoms with Crippen molar-refractivity contribution in [3.05, 3.63) is 0 Å². The minimum atomic E-state index is -0.979. The van der Waals surface area contributed by atoms with Crippen molar-refractivity contribution in [2.24, 2.45) is 11.7 Å². The van der Waals surface area contributed by atoms with Gasteiger partial charge in [0.25, 0.3) is 0 Å². The molecule has 1 saturated carbocycles. The average Bonchev–Trinajstić information content (AvgIpc) is 3.19. The Bertz CT molecular complexity index is 302. The lowest BCUT2D eigenvalue weighted by atomic mass is 9.96. The number of hydrogen-bond acceptors (Lipinski definition) is 5. The smallest absolute Gasteiger partial charge is 0.328 e. The van der Waals surface area contributed by atoms with Gasteiger partial charge in [-0.1, -0.05) is 0 Å². The van der Waals surface area contributed by atoms with E-state index in [9.17, 15) is 4.79 Å². The van der Waals surface area contributed by atoms with Crippen LogP contribution in [0.5, 0.6) is 0 Å². The monoisotopic (exact) mass is 273 g/mol. The Labute approximate surface area is 115 Å². The molecule has 1 aliphatic carbocycles. The van der Waals surface area contributed by atoms with Gasteiger partial charge in [-0.05, 0) is 46.0 Å². The van der Waals surface area contributed by atoms with E-state index in [0.717, 1.165) is 19.3 Å². The van der Waals surface area contributed by atoms with Crippen LogP contribution in [0.4, 0.5) is 0 Å². The second kappa shape index (κ2) is 6.68. The summed E-state index contributed by atoms with van der Waals surface area (Å²) in [5.74, 6) is -0.148. The van der Waals surface area contributed by atoms with Gasteiger partial charge in [-0.3, -0.25) is 0 Å². The molecule has 1 atom stereocenters. The molecule has 0 aromatic rings. The second-order valence-electron chi connectivity index (χ2n) is 5.80. The highest BCUT2D eigenvalue weighted by Gasteiger charge is 2.49. The Kier molecular flexibility index (Phi) is 5.77. The fourth-order valence-corrected chi connectivity index (χ4v) is 1.87. The molecule has 0 aliphatic heterocycles. The van der Waals surface area contributed by atoms with Gasteiger partial charge in [0.05, 0.1) is 18.8 Å². The summed E-state index contributed by atoms with van der Waals surface area (Å²) < 4.78 is 16.0. The molecule has 0 aromatic heterocycles. The summed E-state index contributed by atoms with van der Waals surface area (Å²) in [6.45, 7) is 6.87. The van der Waals surface area contributed by atoms with Crippen molar-refractivity contribution in [3.8, 4) is 0 Å². The van der Waals surface area contributed by atoms with Gasteiger partial charge in [0.2, 0.25) is 0 Å². The molecule has 1 fully saturated rings. The van der Waals surface area contributed by atoms with E-state index in [2.05, 4.69) is 0 Å². The van der Waals surface area contributed by atoms with Gasteiger partial charge in [-0.2, -0.15) is 0 Å².